The van der Waals surface area contributed by atoms with E-state index in [0.717, 1.165) is 30.0 Å². The Balaban J connectivity index is 2.08. The Kier molecular flexibility index (Phi) is 5.46. The lowest BCUT2D eigenvalue weighted by molar-refractivity contribution is -0.00570. The second-order valence-electron chi connectivity index (χ2n) is 6.79. The van der Waals surface area contributed by atoms with Crippen LogP contribution in [0.4, 0.5) is 17.6 Å². The molecule has 3 rings (SSSR count). The predicted octanol–water partition coefficient (Wildman–Crippen LogP) is 3.71. The molecule has 2 N–H and O–H groups in total. The SMILES string of the molecule is C[C@@H]1CN(c2nc(N)c(-c3ccc(Cl)c(Cl)c3)c(N(C)C)n2)C[C@H](C)O1. The number of nitrogen functional groups attached to an aromatic ring is 1. The van der Waals surface area contributed by atoms with E-state index in [0.29, 0.717) is 21.8 Å². The van der Waals surface area contributed by atoms with Crippen molar-refractivity contribution in [3.63, 3.8) is 0 Å². The summed E-state index contributed by atoms with van der Waals surface area (Å²) in [5.41, 5.74) is 7.92. The van der Waals surface area contributed by atoms with Crippen LogP contribution in [0.2, 0.25) is 10.0 Å². The molecule has 0 radical (unpaired) electrons. The number of hydrogen-bond acceptors (Lipinski definition) is 6. The highest BCUT2D eigenvalue weighted by Gasteiger charge is 2.26. The van der Waals surface area contributed by atoms with Gasteiger partial charge >= 0.3 is 0 Å². The fourth-order valence-corrected chi connectivity index (χ4v) is 3.49. The van der Waals surface area contributed by atoms with Crippen molar-refractivity contribution < 1.29 is 4.74 Å². The van der Waals surface area contributed by atoms with E-state index in [2.05, 4.69) is 9.88 Å². The van der Waals surface area contributed by atoms with Gasteiger partial charge in [0.05, 0.1) is 27.8 Å². The van der Waals surface area contributed by atoms with Crippen LogP contribution in [0.15, 0.2) is 18.2 Å². The van der Waals surface area contributed by atoms with Crippen molar-refractivity contribution in [2.24, 2.45) is 0 Å². The van der Waals surface area contributed by atoms with E-state index in [4.69, 9.17) is 38.7 Å². The van der Waals surface area contributed by atoms with Crippen LogP contribution in [0.5, 0.6) is 0 Å². The van der Waals surface area contributed by atoms with Crippen LogP contribution in [0.1, 0.15) is 13.8 Å². The van der Waals surface area contributed by atoms with Gasteiger partial charge in [0.15, 0.2) is 0 Å². The molecule has 1 aromatic heterocycles. The molecule has 1 aliphatic heterocycles. The Hall–Kier alpha value is -1.76. The van der Waals surface area contributed by atoms with Crippen molar-refractivity contribution in [1.82, 2.24) is 9.97 Å². The molecular formula is C18H23Cl2N5O. The normalized spacial score (nSPS) is 20.3. The molecule has 26 heavy (non-hydrogen) atoms. The lowest BCUT2D eigenvalue weighted by Gasteiger charge is -2.35. The Morgan fingerprint density at radius 3 is 2.35 bits per heavy atom. The van der Waals surface area contributed by atoms with Crippen LogP contribution < -0.4 is 15.5 Å². The standard InChI is InChI=1S/C18H23Cl2N5O/c1-10-8-25(9-11(2)26-10)18-22-16(21)15(17(23-18)24(3)4)12-5-6-13(19)14(20)7-12/h5-7,10-11H,8-9H2,1-4H3,(H2,21,22,23)/t10-,11+. The average molecular weight is 396 g/mol. The van der Waals surface area contributed by atoms with Crippen molar-refractivity contribution in [2.45, 2.75) is 26.1 Å². The second kappa shape index (κ2) is 7.47. The topological polar surface area (TPSA) is 67.5 Å². The predicted molar refractivity (Wildman–Crippen MR) is 108 cm³/mol. The van der Waals surface area contributed by atoms with Gasteiger partial charge in [0.2, 0.25) is 5.95 Å². The van der Waals surface area contributed by atoms with E-state index in [-0.39, 0.29) is 12.2 Å². The summed E-state index contributed by atoms with van der Waals surface area (Å²) in [4.78, 5) is 13.4. The van der Waals surface area contributed by atoms with Crippen molar-refractivity contribution in [3.8, 4) is 11.1 Å². The largest absolute Gasteiger partial charge is 0.383 e. The van der Waals surface area contributed by atoms with Crippen molar-refractivity contribution >= 4 is 40.8 Å². The summed E-state index contributed by atoms with van der Waals surface area (Å²) < 4.78 is 5.80. The maximum Gasteiger partial charge on any atom is 0.229 e. The number of morpholine rings is 1. The number of anilines is 3. The van der Waals surface area contributed by atoms with Crippen LogP contribution in [-0.2, 0) is 4.74 Å². The molecule has 0 spiro atoms. The second-order valence-corrected chi connectivity index (χ2v) is 7.61. The van der Waals surface area contributed by atoms with Crippen molar-refractivity contribution in [2.75, 3.05) is 42.7 Å². The summed E-state index contributed by atoms with van der Waals surface area (Å²) in [6, 6.07) is 5.40. The van der Waals surface area contributed by atoms with Crippen LogP contribution in [0.25, 0.3) is 11.1 Å². The van der Waals surface area contributed by atoms with E-state index in [1.165, 1.54) is 0 Å². The van der Waals surface area contributed by atoms with Gasteiger partial charge in [-0.1, -0.05) is 29.3 Å². The number of aromatic nitrogens is 2. The zero-order valence-electron chi connectivity index (χ0n) is 15.3. The molecule has 0 amide bonds. The van der Waals surface area contributed by atoms with Gasteiger partial charge in [-0.05, 0) is 31.5 Å². The van der Waals surface area contributed by atoms with Gasteiger partial charge in [0.1, 0.15) is 11.6 Å². The smallest absolute Gasteiger partial charge is 0.229 e. The minimum atomic E-state index is 0.112. The Morgan fingerprint density at radius 1 is 1.12 bits per heavy atom. The molecule has 1 aromatic carbocycles. The third kappa shape index (κ3) is 3.82. The zero-order chi connectivity index (χ0) is 19.0. The summed E-state index contributed by atoms with van der Waals surface area (Å²) in [6.45, 7) is 5.54. The molecule has 8 heteroatoms. The summed E-state index contributed by atoms with van der Waals surface area (Å²) >= 11 is 12.2. The lowest BCUT2D eigenvalue weighted by atomic mass is 10.1. The van der Waals surface area contributed by atoms with Crippen LogP contribution in [0.3, 0.4) is 0 Å². The number of rotatable bonds is 3. The number of nitrogens with two attached hydrogens (primary N) is 1. The van der Waals surface area contributed by atoms with Gasteiger partial charge in [-0.3, -0.25) is 0 Å². The molecule has 0 saturated carbocycles. The highest BCUT2D eigenvalue weighted by Crippen LogP contribution is 2.37. The highest BCUT2D eigenvalue weighted by atomic mass is 35.5. The lowest BCUT2D eigenvalue weighted by Crippen LogP contribution is -2.46. The van der Waals surface area contributed by atoms with Gasteiger partial charge in [-0.15, -0.1) is 0 Å². The van der Waals surface area contributed by atoms with Crippen LogP contribution >= 0.6 is 23.2 Å². The van der Waals surface area contributed by atoms with Crippen LogP contribution in [-0.4, -0.2) is 49.4 Å². The molecule has 0 unspecified atom stereocenters. The molecule has 6 nitrogen and oxygen atoms in total. The molecule has 2 heterocycles. The number of halogens is 2. The number of nitrogens with zero attached hydrogens (tertiary/aromatic N) is 4. The third-order valence-corrected chi connectivity index (χ3v) is 4.98. The minimum Gasteiger partial charge on any atom is -0.383 e. The number of hydrogen-bond donors (Lipinski definition) is 1. The fraction of sp³-hybridized carbons (Fsp3) is 0.444. The molecule has 2 atom stereocenters. The molecule has 140 valence electrons. The van der Waals surface area contributed by atoms with E-state index in [1.54, 1.807) is 12.1 Å². The van der Waals surface area contributed by atoms with E-state index in [1.807, 2.05) is 38.9 Å². The minimum absolute atomic E-state index is 0.112. The molecule has 0 bridgehead atoms. The monoisotopic (exact) mass is 395 g/mol. The Labute approximate surface area is 163 Å². The maximum atomic E-state index is 6.34. The summed E-state index contributed by atoms with van der Waals surface area (Å²) in [5.74, 6) is 1.75. The van der Waals surface area contributed by atoms with Crippen molar-refractivity contribution in [3.05, 3.63) is 28.2 Å². The first-order chi connectivity index (χ1) is 12.3. The molecule has 1 saturated heterocycles. The van der Waals surface area contributed by atoms with E-state index in [9.17, 15) is 0 Å². The summed E-state index contributed by atoms with van der Waals surface area (Å²) in [5, 5.41) is 0.961. The quantitative estimate of drug-likeness (QED) is 0.853. The van der Waals surface area contributed by atoms with Gasteiger partial charge in [0, 0.05) is 27.2 Å². The summed E-state index contributed by atoms with van der Waals surface area (Å²) in [6.07, 6.45) is 0.224. The number of ether oxygens (including phenoxy) is 1. The first-order valence-electron chi connectivity index (χ1n) is 8.47. The van der Waals surface area contributed by atoms with E-state index >= 15 is 0 Å². The Morgan fingerprint density at radius 2 is 1.77 bits per heavy atom. The third-order valence-electron chi connectivity index (χ3n) is 4.24. The van der Waals surface area contributed by atoms with Gasteiger partial charge in [0.25, 0.3) is 0 Å². The van der Waals surface area contributed by atoms with Crippen LogP contribution in [0, 0.1) is 0 Å². The average Bonchev–Trinajstić information content (AvgIpc) is 2.56. The highest BCUT2D eigenvalue weighted by molar-refractivity contribution is 6.42. The molecule has 0 aliphatic carbocycles. The van der Waals surface area contributed by atoms with Gasteiger partial charge in [-0.2, -0.15) is 9.97 Å². The number of benzene rings is 1. The molecule has 2 aromatic rings. The Bertz CT molecular complexity index is 804. The molecule has 1 aliphatic rings. The molecule has 1 fully saturated rings. The summed E-state index contributed by atoms with van der Waals surface area (Å²) in [7, 11) is 3.86. The first kappa shape index (κ1) is 19.0. The first-order valence-corrected chi connectivity index (χ1v) is 9.22. The van der Waals surface area contributed by atoms with Crippen molar-refractivity contribution in [1.29, 1.82) is 0 Å². The molecular weight excluding hydrogens is 373 g/mol. The van der Waals surface area contributed by atoms with Gasteiger partial charge in [-0.25, -0.2) is 0 Å². The van der Waals surface area contributed by atoms with E-state index < -0.39 is 0 Å². The zero-order valence-corrected chi connectivity index (χ0v) is 16.8. The fourth-order valence-electron chi connectivity index (χ4n) is 3.19. The maximum absolute atomic E-state index is 6.34. The van der Waals surface area contributed by atoms with Gasteiger partial charge < -0.3 is 20.3 Å².